The second kappa shape index (κ2) is 10.9. The molecule has 0 rings (SSSR count). The van der Waals surface area contributed by atoms with Crippen LogP contribution in [0.2, 0.25) is 0 Å². The molecule has 94 valence electrons. The predicted molar refractivity (Wildman–Crippen MR) is 69.0 cm³/mol. The van der Waals surface area contributed by atoms with Gasteiger partial charge in [0.2, 0.25) is 9.76 Å². The minimum Gasteiger partial charge on any atom is -0.519 e. The van der Waals surface area contributed by atoms with Crippen molar-refractivity contribution in [3.8, 4) is 0 Å². The third-order valence-electron chi connectivity index (χ3n) is 2.25. The summed E-state index contributed by atoms with van der Waals surface area (Å²) >= 11 is 0. The van der Waals surface area contributed by atoms with E-state index in [0.717, 1.165) is 18.4 Å². The van der Waals surface area contributed by atoms with Gasteiger partial charge in [-0.15, -0.1) is 0 Å². The van der Waals surface area contributed by atoms with Crippen LogP contribution in [0.1, 0.15) is 46.5 Å². The summed E-state index contributed by atoms with van der Waals surface area (Å²) in [7, 11) is -0.835. The van der Waals surface area contributed by atoms with Gasteiger partial charge in [0.05, 0.1) is 6.23 Å². The Labute approximate surface area is 101 Å². The molecule has 16 heavy (non-hydrogen) atoms. The van der Waals surface area contributed by atoms with Crippen LogP contribution in [0.25, 0.3) is 0 Å². The Bertz CT molecular complexity index is 214. The van der Waals surface area contributed by atoms with Gasteiger partial charge in [-0.1, -0.05) is 25.8 Å². The Morgan fingerprint density at radius 3 is 2.69 bits per heavy atom. The third-order valence-corrected chi connectivity index (χ3v) is 3.17. The molecular formula is C12H24O3Si. The molecule has 0 aliphatic rings. The van der Waals surface area contributed by atoms with Gasteiger partial charge in [0, 0.05) is 12.2 Å². The summed E-state index contributed by atoms with van der Waals surface area (Å²) in [4.78, 5) is 11.5. The molecule has 0 bridgehead atoms. The maximum Gasteiger partial charge on any atom is 0.319 e. The van der Waals surface area contributed by atoms with E-state index in [-0.39, 0.29) is 5.97 Å². The lowest BCUT2D eigenvalue weighted by Gasteiger charge is -2.05. The van der Waals surface area contributed by atoms with Gasteiger partial charge < -0.3 is 9.16 Å². The van der Waals surface area contributed by atoms with Gasteiger partial charge in [-0.05, 0) is 26.7 Å². The van der Waals surface area contributed by atoms with Crippen LogP contribution in [-0.4, -0.2) is 28.6 Å². The largest absolute Gasteiger partial charge is 0.519 e. The Morgan fingerprint density at radius 1 is 1.31 bits per heavy atom. The average Bonchev–Trinajstić information content (AvgIpc) is 2.29. The van der Waals surface area contributed by atoms with E-state index < -0.39 is 9.76 Å². The summed E-state index contributed by atoms with van der Waals surface area (Å²) in [6.07, 6.45) is 7.15. The highest BCUT2D eigenvalue weighted by Gasteiger charge is 2.04. The third kappa shape index (κ3) is 8.68. The van der Waals surface area contributed by atoms with E-state index >= 15 is 0 Å². The van der Waals surface area contributed by atoms with E-state index in [1.54, 1.807) is 0 Å². The van der Waals surface area contributed by atoms with Crippen molar-refractivity contribution in [3.05, 3.63) is 11.6 Å². The molecule has 0 spiro atoms. The summed E-state index contributed by atoms with van der Waals surface area (Å²) in [5.41, 5.74) is 0.736. The second-order valence-corrected chi connectivity index (χ2v) is 4.82. The van der Waals surface area contributed by atoms with Crippen molar-refractivity contribution in [1.82, 2.24) is 0 Å². The smallest absolute Gasteiger partial charge is 0.319 e. The number of hydrogen-bond acceptors (Lipinski definition) is 3. The maximum absolute atomic E-state index is 11.5. The highest BCUT2D eigenvalue weighted by Crippen LogP contribution is 2.04. The zero-order valence-electron chi connectivity index (χ0n) is 10.8. The lowest BCUT2D eigenvalue weighted by molar-refractivity contribution is -0.130. The summed E-state index contributed by atoms with van der Waals surface area (Å²) < 4.78 is 10.3. The number of carbonyl (C=O) groups excluding carboxylic acids is 1. The molecule has 0 amide bonds. The molecular weight excluding hydrogens is 220 g/mol. The van der Waals surface area contributed by atoms with Crippen LogP contribution in [0.15, 0.2) is 11.6 Å². The van der Waals surface area contributed by atoms with Crippen molar-refractivity contribution in [2.45, 2.75) is 46.5 Å². The van der Waals surface area contributed by atoms with Gasteiger partial charge in [-0.3, -0.25) is 0 Å². The first-order chi connectivity index (χ1) is 7.72. The molecule has 0 heterocycles. The van der Waals surface area contributed by atoms with Crippen LogP contribution < -0.4 is 0 Å². The Kier molecular flexibility index (Phi) is 10.5. The number of unbranched alkanes of at least 4 members (excludes halogenated alkanes) is 3. The van der Waals surface area contributed by atoms with Crippen LogP contribution in [0.4, 0.5) is 0 Å². The molecule has 0 aliphatic carbocycles. The molecule has 4 heteroatoms. The van der Waals surface area contributed by atoms with Crippen molar-refractivity contribution in [2.24, 2.45) is 0 Å². The maximum atomic E-state index is 11.5. The quantitative estimate of drug-likeness (QED) is 0.354. The van der Waals surface area contributed by atoms with Gasteiger partial charge in [-0.2, -0.15) is 0 Å². The molecule has 3 nitrogen and oxygen atoms in total. The molecule has 0 aromatic heterocycles. The van der Waals surface area contributed by atoms with E-state index in [1.807, 2.05) is 19.9 Å². The molecule has 0 radical (unpaired) electrons. The number of rotatable bonds is 9. The number of carbonyl (C=O) groups is 1. The SMILES string of the molecule is CCCCCC=C(C)C(=O)O[SiH2]COCC. The lowest BCUT2D eigenvalue weighted by Crippen LogP contribution is -2.14. The molecule has 0 unspecified atom stereocenters. The molecule has 0 saturated carbocycles. The van der Waals surface area contributed by atoms with Gasteiger partial charge in [0.25, 0.3) is 0 Å². The first kappa shape index (κ1) is 15.4. The van der Waals surface area contributed by atoms with Crippen LogP contribution in [0.3, 0.4) is 0 Å². The van der Waals surface area contributed by atoms with E-state index in [9.17, 15) is 4.79 Å². The summed E-state index contributed by atoms with van der Waals surface area (Å²) in [5, 5.41) is 0. The molecule has 0 aromatic carbocycles. The van der Waals surface area contributed by atoms with Crippen molar-refractivity contribution < 1.29 is 14.0 Å². The minimum atomic E-state index is -0.835. The fourth-order valence-electron chi connectivity index (χ4n) is 1.25. The molecule has 0 atom stereocenters. The van der Waals surface area contributed by atoms with Crippen LogP contribution in [0, 0.1) is 0 Å². The summed E-state index contributed by atoms with van der Waals surface area (Å²) in [5.74, 6) is -0.164. The average molecular weight is 244 g/mol. The fourth-order valence-corrected chi connectivity index (χ4v) is 2.15. The van der Waals surface area contributed by atoms with Gasteiger partial charge in [0.15, 0.2) is 0 Å². The number of ether oxygens (including phenoxy) is 1. The van der Waals surface area contributed by atoms with Gasteiger partial charge >= 0.3 is 5.97 Å². The highest BCUT2D eigenvalue weighted by atomic mass is 28.2. The van der Waals surface area contributed by atoms with Crippen LogP contribution in [-0.2, 0) is 14.0 Å². The van der Waals surface area contributed by atoms with Crippen LogP contribution in [0.5, 0.6) is 0 Å². The molecule has 0 aromatic rings. The van der Waals surface area contributed by atoms with Crippen molar-refractivity contribution in [2.75, 3.05) is 12.8 Å². The zero-order valence-corrected chi connectivity index (χ0v) is 12.2. The lowest BCUT2D eigenvalue weighted by atomic mass is 10.1. The zero-order chi connectivity index (χ0) is 12.2. The Balaban J connectivity index is 3.63. The van der Waals surface area contributed by atoms with E-state index in [4.69, 9.17) is 9.16 Å². The van der Waals surface area contributed by atoms with Gasteiger partial charge in [-0.25, -0.2) is 4.79 Å². The monoisotopic (exact) mass is 244 g/mol. The van der Waals surface area contributed by atoms with E-state index in [2.05, 4.69) is 6.92 Å². The highest BCUT2D eigenvalue weighted by molar-refractivity contribution is 6.31. The first-order valence-electron chi connectivity index (χ1n) is 6.14. The summed E-state index contributed by atoms with van der Waals surface area (Å²) in [6.45, 7) is 6.62. The predicted octanol–water partition coefficient (Wildman–Crippen LogP) is 2.13. The van der Waals surface area contributed by atoms with Crippen molar-refractivity contribution >= 4 is 15.7 Å². The van der Waals surface area contributed by atoms with Crippen LogP contribution >= 0.6 is 0 Å². The molecule has 0 saturated heterocycles. The minimum absolute atomic E-state index is 0.164. The Hall–Kier alpha value is -0.613. The van der Waals surface area contributed by atoms with E-state index in [0.29, 0.717) is 12.8 Å². The summed E-state index contributed by atoms with van der Waals surface area (Å²) in [6, 6.07) is 0. The van der Waals surface area contributed by atoms with Crippen molar-refractivity contribution in [3.63, 3.8) is 0 Å². The molecule has 0 aliphatic heterocycles. The molecule has 0 N–H and O–H groups in total. The normalized spacial score (nSPS) is 12.3. The van der Waals surface area contributed by atoms with E-state index in [1.165, 1.54) is 12.8 Å². The second-order valence-electron chi connectivity index (χ2n) is 3.72. The standard InChI is InChI=1S/C12H24O3Si/c1-4-6-7-8-9-11(3)12(13)15-16-10-14-5-2/h9H,4-8,10,16H2,1-3H3. The fraction of sp³-hybridized carbons (Fsp3) is 0.750. The first-order valence-corrected chi connectivity index (χ1v) is 7.71. The molecule has 0 fully saturated rings. The number of allylic oxidation sites excluding steroid dienone is 1. The number of hydrogen-bond donors (Lipinski definition) is 0. The Morgan fingerprint density at radius 2 is 2.06 bits per heavy atom. The van der Waals surface area contributed by atoms with Crippen molar-refractivity contribution in [1.29, 1.82) is 0 Å². The van der Waals surface area contributed by atoms with Gasteiger partial charge in [0.1, 0.15) is 0 Å². The topological polar surface area (TPSA) is 35.5 Å².